The molecule has 0 aliphatic carbocycles. The molecule has 0 radical (unpaired) electrons. The van der Waals surface area contributed by atoms with Crippen LogP contribution in [-0.4, -0.2) is 198 Å². The summed E-state index contributed by atoms with van der Waals surface area (Å²) in [6.07, 6.45) is -4.81. The molecule has 2 aliphatic heterocycles. The van der Waals surface area contributed by atoms with E-state index in [0.29, 0.717) is 5.69 Å². The van der Waals surface area contributed by atoms with Gasteiger partial charge in [-0.1, -0.05) is 6.07 Å². The van der Waals surface area contributed by atoms with Gasteiger partial charge in [-0.25, -0.2) is 0 Å². The number of hydrogen-bond acceptors (Lipinski definition) is 17. The normalized spacial score (nSPS) is 19.1. The molecule has 2 bridgehead atoms. The maximum absolute atomic E-state index is 13.3. The molecule has 6 atom stereocenters. The molecule has 58 heavy (non-hydrogen) atoms. The van der Waals surface area contributed by atoms with Crippen LogP contribution in [0.1, 0.15) is 49.9 Å². The number of pyridine rings is 1. The Hall–Kier alpha value is -3.20. The zero-order valence-electron chi connectivity index (χ0n) is 31.8. The number of aliphatic hydroxyl groups excluding tert-OH is 6. The van der Waals surface area contributed by atoms with Crippen molar-refractivity contribution in [3.05, 3.63) is 35.8 Å². The first-order valence-corrected chi connectivity index (χ1v) is 18.6. The standard InChI is InChI=1S/C35H54N7O15.Gd/c43-18-22(46)14-36-29(49)7-4-26(33(52)53)40-10-11-41(27(34(54)55)5-8-30(50)37-15-23(47)19-44)17-21-2-1-3-25(39-21)32-42(13-12-40)28(35(56)57-32)6-9-31(51)38-16-24(48)20-45;/h1-3,22-24,26-28,43-48H,4-20H2,(H,36,49)(H,37,50)(H,38,51)(H,52,53)(H,54,55);/q-1;. The van der Waals surface area contributed by atoms with Gasteiger partial charge in [-0.2, -0.15) is 6.07 Å². The van der Waals surface area contributed by atoms with Crippen LogP contribution in [-0.2, 0) is 40.0 Å². The Morgan fingerprint density at radius 2 is 1.21 bits per heavy atom. The minimum absolute atomic E-state index is 0. The van der Waals surface area contributed by atoms with Crippen molar-refractivity contribution in [2.24, 2.45) is 0 Å². The van der Waals surface area contributed by atoms with Gasteiger partial charge in [-0.15, -0.1) is 6.07 Å². The largest absolute Gasteiger partial charge is 0.505 e. The number of rotatable bonds is 22. The van der Waals surface area contributed by atoms with Crippen LogP contribution in [0.3, 0.4) is 0 Å². The Balaban J connectivity index is 0.0000116. The summed E-state index contributed by atoms with van der Waals surface area (Å²) in [5.74, 6) is -4.98. The van der Waals surface area contributed by atoms with Crippen molar-refractivity contribution in [1.82, 2.24) is 35.6 Å². The van der Waals surface area contributed by atoms with E-state index < -0.39 is 91.9 Å². The van der Waals surface area contributed by atoms with Gasteiger partial charge >= 0.3 is 17.9 Å². The predicted octanol–water partition coefficient (Wildman–Crippen LogP) is -5.08. The molecule has 1 fully saturated rings. The van der Waals surface area contributed by atoms with Crippen molar-refractivity contribution in [2.75, 3.05) is 65.6 Å². The van der Waals surface area contributed by atoms with Gasteiger partial charge in [0.25, 0.3) is 0 Å². The van der Waals surface area contributed by atoms with Crippen molar-refractivity contribution in [1.29, 1.82) is 0 Å². The van der Waals surface area contributed by atoms with E-state index in [1.54, 1.807) is 23.1 Å². The summed E-state index contributed by atoms with van der Waals surface area (Å²) in [6.45, 7) is -2.87. The number of esters is 1. The SMILES string of the molecule is O=C(CCC(C(=O)O)N1CCN(C(CCC(=O)NCC(O)CO)C(=O)O)Cc2cccc(n2)[C-]2OC(=O)C(CCC(=O)NCC(O)CO)N2CC1)NCC(O)CO.[Gd]. The third-order valence-electron chi connectivity index (χ3n) is 9.42. The van der Waals surface area contributed by atoms with Crippen molar-refractivity contribution < 1.29 is 114 Å². The smallest absolute Gasteiger partial charge is 0.320 e. The summed E-state index contributed by atoms with van der Waals surface area (Å²) < 4.78 is 5.70. The maximum Gasteiger partial charge on any atom is 0.320 e. The van der Waals surface area contributed by atoms with Gasteiger partial charge in [0.05, 0.1) is 49.9 Å². The van der Waals surface area contributed by atoms with Gasteiger partial charge in [-0.3, -0.25) is 43.6 Å². The Bertz CT molecular complexity index is 1510. The minimum Gasteiger partial charge on any atom is -0.505 e. The summed E-state index contributed by atoms with van der Waals surface area (Å²) in [6, 6.07) is 1.16. The number of hydrogen-bond donors (Lipinski definition) is 11. The number of ether oxygens (including phenoxy) is 1. The third-order valence-corrected chi connectivity index (χ3v) is 9.42. The molecule has 328 valence electrons. The molecule has 1 aromatic rings. The number of nitrogens with one attached hydrogen (secondary N) is 3. The number of aliphatic hydroxyl groups is 6. The van der Waals surface area contributed by atoms with E-state index in [9.17, 15) is 54.3 Å². The number of carbonyl (C=O) groups is 6. The summed E-state index contributed by atoms with van der Waals surface area (Å²) in [7, 11) is 0. The van der Waals surface area contributed by atoms with E-state index in [1.807, 2.05) is 0 Å². The molecular formula is C35H54GdN7O15-. The van der Waals surface area contributed by atoms with E-state index >= 15 is 0 Å². The van der Waals surface area contributed by atoms with E-state index in [1.165, 1.54) is 9.80 Å². The molecule has 22 nitrogen and oxygen atoms in total. The van der Waals surface area contributed by atoms with Crippen LogP contribution < -0.4 is 16.0 Å². The minimum atomic E-state index is -1.32. The van der Waals surface area contributed by atoms with E-state index in [4.69, 9.17) is 20.1 Å². The van der Waals surface area contributed by atoms with E-state index in [-0.39, 0.29) is 143 Å². The molecule has 11 N–H and O–H groups in total. The van der Waals surface area contributed by atoms with Crippen molar-refractivity contribution >= 4 is 35.6 Å². The number of carboxylic acid groups (broad SMARTS) is 2. The average molecular weight is 970 g/mol. The van der Waals surface area contributed by atoms with Crippen LogP contribution in [0.25, 0.3) is 0 Å². The second kappa shape index (κ2) is 26.1. The van der Waals surface area contributed by atoms with Crippen LogP contribution >= 0.6 is 0 Å². The van der Waals surface area contributed by atoms with Gasteiger partial charge in [0.2, 0.25) is 17.7 Å². The molecule has 0 spiro atoms. The van der Waals surface area contributed by atoms with Gasteiger partial charge in [0.1, 0.15) is 12.1 Å². The van der Waals surface area contributed by atoms with Crippen molar-refractivity contribution in [2.45, 2.75) is 81.5 Å². The van der Waals surface area contributed by atoms with E-state index in [0.717, 1.165) is 0 Å². The van der Waals surface area contributed by atoms with Crippen LogP contribution in [0.15, 0.2) is 18.2 Å². The number of carboxylic acids is 2. The zero-order valence-corrected chi connectivity index (χ0v) is 34.1. The van der Waals surface area contributed by atoms with Gasteiger partial charge < -0.3 is 66.4 Å². The summed E-state index contributed by atoms with van der Waals surface area (Å²) in [5.41, 5.74) is 0.530. The number of fused-ring (bicyclic) bond motifs is 4. The van der Waals surface area contributed by atoms with Gasteiger partial charge in [0.15, 0.2) is 0 Å². The molecule has 3 rings (SSSR count). The topological polar surface area (TPSA) is 332 Å². The second-order valence-corrected chi connectivity index (χ2v) is 13.7. The van der Waals surface area contributed by atoms with Crippen LogP contribution in [0, 0.1) is 46.2 Å². The molecule has 0 saturated carbocycles. The fourth-order valence-electron chi connectivity index (χ4n) is 6.26. The van der Waals surface area contributed by atoms with E-state index in [2.05, 4.69) is 20.9 Å². The first kappa shape index (κ1) is 50.9. The molecule has 1 aromatic heterocycles. The van der Waals surface area contributed by atoms with Crippen LogP contribution in [0.5, 0.6) is 0 Å². The van der Waals surface area contributed by atoms with Crippen molar-refractivity contribution in [3.8, 4) is 0 Å². The fraction of sp³-hybridized carbons (Fsp3) is 0.657. The van der Waals surface area contributed by atoms with Gasteiger partial charge in [0, 0.05) is 118 Å². The molecular weight excluding hydrogens is 916 g/mol. The molecule has 23 heteroatoms. The number of aromatic nitrogens is 1. The first-order chi connectivity index (χ1) is 27.2. The maximum atomic E-state index is 13.3. The third kappa shape index (κ3) is 16.5. The average Bonchev–Trinajstić information content (AvgIpc) is 3.51. The molecule has 2 aliphatic rings. The Morgan fingerprint density at radius 1 is 0.741 bits per heavy atom. The summed E-state index contributed by atoms with van der Waals surface area (Å²) in [4.78, 5) is 85.7. The molecule has 1 saturated heterocycles. The first-order valence-electron chi connectivity index (χ1n) is 18.6. The van der Waals surface area contributed by atoms with Crippen LogP contribution in [0.2, 0.25) is 0 Å². The van der Waals surface area contributed by atoms with Crippen LogP contribution in [0.4, 0.5) is 0 Å². The number of nitrogens with zero attached hydrogens (tertiary/aromatic N) is 4. The Kier molecular flexibility index (Phi) is 22.9. The van der Waals surface area contributed by atoms with Crippen molar-refractivity contribution in [3.63, 3.8) is 0 Å². The summed E-state index contributed by atoms with van der Waals surface area (Å²) >= 11 is 0. The molecule has 0 aromatic carbocycles. The molecule has 3 heterocycles. The monoisotopic (exact) mass is 970 g/mol. The molecule has 3 amide bonds. The zero-order chi connectivity index (χ0) is 42.1. The number of amides is 3. The number of aliphatic carboxylic acids is 2. The number of carbonyl (C=O) groups excluding carboxylic acids is 4. The Labute approximate surface area is 366 Å². The quantitative estimate of drug-likeness (QED) is 0.0383. The fourth-order valence-corrected chi connectivity index (χ4v) is 6.26. The summed E-state index contributed by atoms with van der Waals surface area (Å²) in [5, 5.41) is 84.0. The Morgan fingerprint density at radius 3 is 1.71 bits per heavy atom. The second-order valence-electron chi connectivity index (χ2n) is 13.7. The molecule has 6 unspecified atom stereocenters. The predicted molar refractivity (Wildman–Crippen MR) is 194 cm³/mol. The van der Waals surface area contributed by atoms with Gasteiger partial charge in [-0.05, 0) is 25.0 Å².